The van der Waals surface area contributed by atoms with Gasteiger partial charge in [0, 0.05) is 11.4 Å². The third-order valence-electron chi connectivity index (χ3n) is 4.41. The van der Waals surface area contributed by atoms with Gasteiger partial charge in [0.05, 0.1) is 18.4 Å². The van der Waals surface area contributed by atoms with E-state index in [0.717, 1.165) is 45.1 Å². The molecule has 2 aromatic carbocycles. The second-order valence-electron chi connectivity index (χ2n) is 6.33. The quantitative estimate of drug-likeness (QED) is 0.315. The Bertz CT molecular complexity index is 1060. The van der Waals surface area contributed by atoms with E-state index in [4.69, 9.17) is 9.15 Å². The van der Waals surface area contributed by atoms with Gasteiger partial charge in [0.2, 0.25) is 0 Å². The van der Waals surface area contributed by atoms with Crippen molar-refractivity contribution >= 4 is 11.8 Å². The molecule has 2 heterocycles. The van der Waals surface area contributed by atoms with Gasteiger partial charge >= 0.3 is 0 Å². The Kier molecular flexibility index (Phi) is 5.48. The van der Waals surface area contributed by atoms with Gasteiger partial charge in [-0.15, -0.1) is 10.2 Å². The SMILES string of the molecule is Cc1ccccc1OCCSc1nnc(-c2ccoc2C)n1-c1ccccc1. The minimum absolute atomic E-state index is 0.594. The predicted octanol–water partition coefficient (Wildman–Crippen LogP) is 5.32. The molecule has 4 rings (SSSR count). The van der Waals surface area contributed by atoms with E-state index in [-0.39, 0.29) is 0 Å². The lowest BCUT2D eigenvalue weighted by Crippen LogP contribution is -2.04. The molecular formula is C22H21N3O2S. The Morgan fingerprint density at radius 3 is 2.50 bits per heavy atom. The van der Waals surface area contributed by atoms with Crippen molar-refractivity contribution in [2.24, 2.45) is 0 Å². The number of rotatable bonds is 7. The van der Waals surface area contributed by atoms with E-state index >= 15 is 0 Å². The topological polar surface area (TPSA) is 53.1 Å². The number of ether oxygens (including phenoxy) is 1. The van der Waals surface area contributed by atoms with Crippen molar-refractivity contribution in [2.45, 2.75) is 19.0 Å². The fourth-order valence-electron chi connectivity index (χ4n) is 2.97. The number of hydrogen-bond acceptors (Lipinski definition) is 5. The third kappa shape index (κ3) is 3.82. The zero-order valence-electron chi connectivity index (χ0n) is 15.8. The van der Waals surface area contributed by atoms with Crippen LogP contribution in [0.4, 0.5) is 0 Å². The smallest absolute Gasteiger partial charge is 0.196 e. The summed E-state index contributed by atoms with van der Waals surface area (Å²) in [6.45, 7) is 4.58. The molecule has 0 atom stereocenters. The summed E-state index contributed by atoms with van der Waals surface area (Å²) >= 11 is 1.62. The first kappa shape index (κ1) is 18.4. The molecule has 0 aliphatic carbocycles. The van der Waals surface area contributed by atoms with Crippen LogP contribution in [-0.2, 0) is 0 Å². The van der Waals surface area contributed by atoms with Gasteiger partial charge in [0.1, 0.15) is 11.5 Å². The van der Waals surface area contributed by atoms with Crippen LogP contribution in [0.25, 0.3) is 17.1 Å². The molecule has 28 heavy (non-hydrogen) atoms. The van der Waals surface area contributed by atoms with Crippen molar-refractivity contribution in [1.29, 1.82) is 0 Å². The monoisotopic (exact) mass is 391 g/mol. The molecule has 0 saturated carbocycles. The highest BCUT2D eigenvalue weighted by atomic mass is 32.2. The Morgan fingerprint density at radius 2 is 1.75 bits per heavy atom. The fraction of sp³-hybridized carbons (Fsp3) is 0.182. The molecule has 0 radical (unpaired) electrons. The maximum absolute atomic E-state index is 5.91. The number of aromatic nitrogens is 3. The molecule has 142 valence electrons. The maximum atomic E-state index is 5.91. The molecule has 5 nitrogen and oxygen atoms in total. The lowest BCUT2D eigenvalue weighted by Gasteiger charge is -2.11. The molecule has 0 spiro atoms. The van der Waals surface area contributed by atoms with Gasteiger partial charge < -0.3 is 9.15 Å². The fourth-order valence-corrected chi connectivity index (χ4v) is 3.74. The summed E-state index contributed by atoms with van der Waals surface area (Å²) in [7, 11) is 0. The molecule has 0 bridgehead atoms. The Labute approximate surface area is 168 Å². The average molecular weight is 391 g/mol. The van der Waals surface area contributed by atoms with Gasteiger partial charge in [-0.05, 0) is 43.7 Å². The maximum Gasteiger partial charge on any atom is 0.196 e. The molecular weight excluding hydrogens is 370 g/mol. The van der Waals surface area contributed by atoms with Crippen LogP contribution in [0.5, 0.6) is 5.75 Å². The minimum Gasteiger partial charge on any atom is -0.492 e. The van der Waals surface area contributed by atoms with E-state index in [0.29, 0.717) is 6.61 Å². The van der Waals surface area contributed by atoms with Crippen molar-refractivity contribution in [2.75, 3.05) is 12.4 Å². The summed E-state index contributed by atoms with van der Waals surface area (Å²) in [6.07, 6.45) is 1.68. The summed E-state index contributed by atoms with van der Waals surface area (Å²) in [5, 5.41) is 9.70. The highest BCUT2D eigenvalue weighted by Gasteiger charge is 2.18. The molecule has 0 unspecified atom stereocenters. The highest BCUT2D eigenvalue weighted by Crippen LogP contribution is 2.30. The van der Waals surface area contributed by atoms with Gasteiger partial charge in [0.25, 0.3) is 0 Å². The van der Waals surface area contributed by atoms with Gasteiger partial charge in [-0.1, -0.05) is 48.2 Å². The zero-order chi connectivity index (χ0) is 19.3. The second kappa shape index (κ2) is 8.35. The van der Waals surface area contributed by atoms with Crippen LogP contribution in [0.15, 0.2) is 76.5 Å². The van der Waals surface area contributed by atoms with Crippen molar-refractivity contribution < 1.29 is 9.15 Å². The van der Waals surface area contributed by atoms with E-state index in [1.165, 1.54) is 0 Å². The molecule has 0 amide bonds. The van der Waals surface area contributed by atoms with E-state index in [1.807, 2.05) is 62.4 Å². The van der Waals surface area contributed by atoms with Crippen LogP contribution in [0.2, 0.25) is 0 Å². The number of benzene rings is 2. The predicted molar refractivity (Wildman–Crippen MR) is 111 cm³/mol. The Balaban J connectivity index is 1.55. The van der Waals surface area contributed by atoms with Gasteiger partial charge in [-0.3, -0.25) is 4.57 Å². The normalized spacial score (nSPS) is 10.9. The number of aryl methyl sites for hydroxylation is 2. The number of furan rings is 1. The van der Waals surface area contributed by atoms with Crippen LogP contribution in [-0.4, -0.2) is 27.1 Å². The van der Waals surface area contributed by atoms with Crippen LogP contribution in [0.1, 0.15) is 11.3 Å². The summed E-state index contributed by atoms with van der Waals surface area (Å²) < 4.78 is 13.4. The van der Waals surface area contributed by atoms with Gasteiger partial charge in [-0.25, -0.2) is 0 Å². The molecule has 0 N–H and O–H groups in total. The molecule has 0 saturated heterocycles. The minimum atomic E-state index is 0.594. The van der Waals surface area contributed by atoms with Crippen LogP contribution in [0, 0.1) is 13.8 Å². The largest absolute Gasteiger partial charge is 0.492 e. The molecule has 0 aliphatic heterocycles. The number of para-hydroxylation sites is 2. The summed E-state index contributed by atoms with van der Waals surface area (Å²) in [6, 6.07) is 20.1. The first-order chi connectivity index (χ1) is 13.7. The van der Waals surface area contributed by atoms with Crippen molar-refractivity contribution in [1.82, 2.24) is 14.8 Å². The van der Waals surface area contributed by atoms with Crippen LogP contribution >= 0.6 is 11.8 Å². The molecule has 6 heteroatoms. The van der Waals surface area contributed by atoms with E-state index in [2.05, 4.69) is 26.9 Å². The van der Waals surface area contributed by atoms with Crippen LogP contribution < -0.4 is 4.74 Å². The van der Waals surface area contributed by atoms with E-state index < -0.39 is 0 Å². The zero-order valence-corrected chi connectivity index (χ0v) is 16.6. The lowest BCUT2D eigenvalue weighted by molar-refractivity contribution is 0.341. The van der Waals surface area contributed by atoms with Gasteiger partial charge in [0.15, 0.2) is 11.0 Å². The van der Waals surface area contributed by atoms with Crippen LogP contribution in [0.3, 0.4) is 0 Å². The van der Waals surface area contributed by atoms with Gasteiger partial charge in [-0.2, -0.15) is 0 Å². The van der Waals surface area contributed by atoms with E-state index in [1.54, 1.807) is 18.0 Å². The Morgan fingerprint density at radius 1 is 0.964 bits per heavy atom. The third-order valence-corrected chi connectivity index (χ3v) is 5.31. The first-order valence-corrected chi connectivity index (χ1v) is 10.1. The number of thioether (sulfide) groups is 1. The second-order valence-corrected chi connectivity index (χ2v) is 7.39. The van der Waals surface area contributed by atoms with Crippen molar-refractivity contribution in [3.8, 4) is 22.8 Å². The Hall–Kier alpha value is -2.99. The highest BCUT2D eigenvalue weighted by molar-refractivity contribution is 7.99. The molecule has 4 aromatic rings. The first-order valence-electron chi connectivity index (χ1n) is 9.10. The molecule has 0 aliphatic rings. The standard InChI is InChI=1S/C22H21N3O2S/c1-16-8-6-7-11-20(16)27-14-15-28-22-24-23-21(19-12-13-26-17(19)2)25(22)18-9-4-3-5-10-18/h3-13H,14-15H2,1-2H3. The van der Waals surface area contributed by atoms with E-state index in [9.17, 15) is 0 Å². The number of nitrogens with zero attached hydrogens (tertiary/aromatic N) is 3. The van der Waals surface area contributed by atoms with Crippen molar-refractivity contribution in [3.05, 3.63) is 78.3 Å². The average Bonchev–Trinajstić information content (AvgIpc) is 3.33. The van der Waals surface area contributed by atoms with Crippen molar-refractivity contribution in [3.63, 3.8) is 0 Å². The summed E-state index contributed by atoms with van der Waals surface area (Å²) in [4.78, 5) is 0. The molecule has 0 fully saturated rings. The summed E-state index contributed by atoms with van der Waals surface area (Å²) in [5.41, 5.74) is 3.10. The summed E-state index contributed by atoms with van der Waals surface area (Å²) in [5.74, 6) is 3.29. The lowest BCUT2D eigenvalue weighted by atomic mass is 10.2. The number of hydrogen-bond donors (Lipinski definition) is 0. The molecule has 2 aromatic heterocycles.